The van der Waals surface area contributed by atoms with Crippen LogP contribution in [0.15, 0.2) is 30.3 Å². The van der Waals surface area contributed by atoms with Crippen molar-refractivity contribution in [1.29, 1.82) is 0 Å². The van der Waals surface area contributed by atoms with Crippen molar-refractivity contribution in [3.05, 3.63) is 35.9 Å². The number of benzene rings is 1. The fourth-order valence-electron chi connectivity index (χ4n) is 1.71. The summed E-state index contributed by atoms with van der Waals surface area (Å²) in [4.78, 5) is 11.7. The van der Waals surface area contributed by atoms with Crippen LogP contribution < -0.4 is 10.6 Å². The molecule has 1 amide bonds. The van der Waals surface area contributed by atoms with Crippen molar-refractivity contribution >= 4 is 23.2 Å². The molecule has 0 aromatic heterocycles. The smallest absolute Gasteiger partial charge is 0.226 e. The Labute approximate surface area is 120 Å². The van der Waals surface area contributed by atoms with Crippen molar-refractivity contribution in [3.63, 3.8) is 0 Å². The molecule has 2 N–H and O–H groups in total. The average molecular weight is 278 g/mol. The molecule has 0 aliphatic rings. The minimum Gasteiger partial charge on any atom is -0.362 e. The maximum absolute atomic E-state index is 11.7. The number of rotatable bonds is 7. The summed E-state index contributed by atoms with van der Waals surface area (Å²) in [5, 5.41) is 6.19. The second kappa shape index (κ2) is 9.50. The molecule has 0 atom stereocenters. The van der Waals surface area contributed by atoms with E-state index in [1.807, 2.05) is 30.3 Å². The lowest BCUT2D eigenvalue weighted by Crippen LogP contribution is -2.39. The molecular formula is C15H22N2OS. The van der Waals surface area contributed by atoms with Crippen molar-refractivity contribution in [2.75, 3.05) is 6.54 Å². The Balaban J connectivity index is 2.15. The van der Waals surface area contributed by atoms with E-state index in [1.54, 1.807) is 0 Å². The van der Waals surface area contributed by atoms with Gasteiger partial charge in [-0.1, -0.05) is 50.1 Å². The summed E-state index contributed by atoms with van der Waals surface area (Å²) in [5.41, 5.74) is 1.17. The van der Waals surface area contributed by atoms with E-state index in [0.717, 1.165) is 19.4 Å². The summed E-state index contributed by atoms with van der Waals surface area (Å²) in [5.74, 6) is -0.0307. The molecule has 0 saturated heterocycles. The van der Waals surface area contributed by atoms with E-state index in [4.69, 9.17) is 12.2 Å². The van der Waals surface area contributed by atoms with Crippen LogP contribution in [0, 0.1) is 0 Å². The van der Waals surface area contributed by atoms with E-state index < -0.39 is 0 Å². The Morgan fingerprint density at radius 3 is 2.63 bits per heavy atom. The summed E-state index contributed by atoms with van der Waals surface area (Å²) >= 11 is 5.07. The molecule has 3 nitrogen and oxygen atoms in total. The van der Waals surface area contributed by atoms with E-state index >= 15 is 0 Å². The highest BCUT2D eigenvalue weighted by molar-refractivity contribution is 7.80. The predicted octanol–water partition coefficient (Wildman–Crippen LogP) is 2.80. The summed E-state index contributed by atoms with van der Waals surface area (Å²) < 4.78 is 0. The number of amides is 1. The van der Waals surface area contributed by atoms with Crippen LogP contribution >= 0.6 is 12.2 Å². The third-order valence-corrected chi connectivity index (χ3v) is 3.05. The number of hydrogen-bond donors (Lipinski definition) is 2. The van der Waals surface area contributed by atoms with Gasteiger partial charge in [0.25, 0.3) is 0 Å². The normalized spacial score (nSPS) is 9.95. The molecular weight excluding hydrogens is 256 g/mol. The standard InChI is InChI=1S/C15H22N2OS/c1-2-3-7-12-16-15(19)17-14(18)11-10-13-8-5-4-6-9-13/h4-6,8-9H,2-3,7,10-12H2,1H3,(H2,16,17,18,19). The van der Waals surface area contributed by atoms with Gasteiger partial charge in [0.05, 0.1) is 0 Å². The van der Waals surface area contributed by atoms with Crippen molar-refractivity contribution in [1.82, 2.24) is 10.6 Å². The van der Waals surface area contributed by atoms with Crippen molar-refractivity contribution in [2.45, 2.75) is 39.0 Å². The number of thiocarbonyl (C=S) groups is 1. The lowest BCUT2D eigenvalue weighted by atomic mass is 10.1. The Morgan fingerprint density at radius 1 is 1.21 bits per heavy atom. The van der Waals surface area contributed by atoms with Crippen LogP contribution in [0.1, 0.15) is 38.2 Å². The van der Waals surface area contributed by atoms with Gasteiger partial charge < -0.3 is 10.6 Å². The van der Waals surface area contributed by atoms with E-state index in [1.165, 1.54) is 18.4 Å². The molecule has 0 radical (unpaired) electrons. The van der Waals surface area contributed by atoms with Crippen LogP contribution in [-0.2, 0) is 11.2 Å². The van der Waals surface area contributed by atoms with Crippen LogP contribution in [0.25, 0.3) is 0 Å². The number of nitrogens with one attached hydrogen (secondary N) is 2. The molecule has 1 rings (SSSR count). The topological polar surface area (TPSA) is 41.1 Å². The van der Waals surface area contributed by atoms with Crippen LogP contribution in [0.5, 0.6) is 0 Å². The van der Waals surface area contributed by atoms with Crippen molar-refractivity contribution in [2.24, 2.45) is 0 Å². The zero-order valence-corrected chi connectivity index (χ0v) is 12.3. The number of carbonyl (C=O) groups is 1. The fraction of sp³-hybridized carbons (Fsp3) is 0.467. The van der Waals surface area contributed by atoms with E-state index in [-0.39, 0.29) is 5.91 Å². The second-order valence-corrected chi connectivity index (χ2v) is 4.91. The third kappa shape index (κ3) is 7.57. The summed E-state index contributed by atoms with van der Waals surface area (Å²) in [6.07, 6.45) is 4.64. The van der Waals surface area contributed by atoms with Gasteiger partial charge in [-0.15, -0.1) is 0 Å². The molecule has 0 fully saturated rings. The summed E-state index contributed by atoms with van der Waals surface area (Å²) in [6.45, 7) is 2.98. The van der Waals surface area contributed by atoms with Crippen LogP contribution in [-0.4, -0.2) is 17.6 Å². The largest absolute Gasteiger partial charge is 0.362 e. The molecule has 104 valence electrons. The number of carbonyl (C=O) groups excluding carboxylic acids is 1. The first-order valence-corrected chi connectivity index (χ1v) is 7.24. The van der Waals surface area contributed by atoms with Gasteiger partial charge in [0.15, 0.2) is 5.11 Å². The third-order valence-electron chi connectivity index (χ3n) is 2.80. The Morgan fingerprint density at radius 2 is 1.95 bits per heavy atom. The number of aryl methyl sites for hydroxylation is 1. The molecule has 0 heterocycles. The van der Waals surface area contributed by atoms with Gasteiger partial charge in [-0.25, -0.2) is 0 Å². The molecule has 4 heteroatoms. The van der Waals surface area contributed by atoms with Crippen LogP contribution in [0.3, 0.4) is 0 Å². The van der Waals surface area contributed by atoms with Gasteiger partial charge in [0.2, 0.25) is 5.91 Å². The zero-order chi connectivity index (χ0) is 13.9. The van der Waals surface area contributed by atoms with Gasteiger partial charge in [0.1, 0.15) is 0 Å². The average Bonchev–Trinajstić information content (AvgIpc) is 2.42. The van der Waals surface area contributed by atoms with Crippen molar-refractivity contribution < 1.29 is 4.79 Å². The number of unbranched alkanes of at least 4 members (excludes halogenated alkanes) is 2. The minimum absolute atomic E-state index is 0.0307. The lowest BCUT2D eigenvalue weighted by molar-refractivity contribution is -0.119. The first kappa shape index (κ1) is 15.6. The second-order valence-electron chi connectivity index (χ2n) is 4.50. The molecule has 0 spiro atoms. The maximum atomic E-state index is 11.7. The Kier molecular flexibility index (Phi) is 7.82. The molecule has 1 aromatic carbocycles. The predicted molar refractivity (Wildman–Crippen MR) is 83.0 cm³/mol. The molecule has 0 unspecified atom stereocenters. The van der Waals surface area contributed by atoms with Gasteiger partial charge in [0, 0.05) is 13.0 Å². The van der Waals surface area contributed by atoms with Gasteiger partial charge in [-0.05, 0) is 30.6 Å². The monoisotopic (exact) mass is 278 g/mol. The quantitative estimate of drug-likeness (QED) is 0.595. The highest BCUT2D eigenvalue weighted by atomic mass is 32.1. The lowest BCUT2D eigenvalue weighted by Gasteiger charge is -2.09. The molecule has 1 aromatic rings. The number of hydrogen-bond acceptors (Lipinski definition) is 2. The SMILES string of the molecule is CCCCCNC(=S)NC(=O)CCc1ccccc1. The first-order valence-electron chi connectivity index (χ1n) is 6.84. The Bertz CT molecular complexity index is 392. The Hall–Kier alpha value is -1.42. The van der Waals surface area contributed by atoms with Crippen molar-refractivity contribution in [3.8, 4) is 0 Å². The van der Waals surface area contributed by atoms with Crippen LogP contribution in [0.2, 0.25) is 0 Å². The molecule has 0 saturated carbocycles. The van der Waals surface area contributed by atoms with Gasteiger partial charge in [-0.3, -0.25) is 4.79 Å². The zero-order valence-electron chi connectivity index (χ0n) is 11.4. The van der Waals surface area contributed by atoms with E-state index in [0.29, 0.717) is 11.5 Å². The minimum atomic E-state index is -0.0307. The maximum Gasteiger partial charge on any atom is 0.226 e. The van der Waals surface area contributed by atoms with E-state index in [9.17, 15) is 4.79 Å². The highest BCUT2D eigenvalue weighted by Gasteiger charge is 2.04. The van der Waals surface area contributed by atoms with E-state index in [2.05, 4.69) is 17.6 Å². The molecule has 0 aliphatic carbocycles. The molecule has 0 bridgehead atoms. The molecule has 19 heavy (non-hydrogen) atoms. The summed E-state index contributed by atoms with van der Waals surface area (Å²) in [7, 11) is 0. The van der Waals surface area contributed by atoms with Gasteiger partial charge in [-0.2, -0.15) is 0 Å². The van der Waals surface area contributed by atoms with Crippen LogP contribution in [0.4, 0.5) is 0 Å². The summed E-state index contributed by atoms with van der Waals surface area (Å²) in [6, 6.07) is 9.97. The fourth-order valence-corrected chi connectivity index (χ4v) is 1.93. The first-order chi connectivity index (χ1) is 9.22. The molecule has 0 aliphatic heterocycles. The highest BCUT2D eigenvalue weighted by Crippen LogP contribution is 2.01. The van der Waals surface area contributed by atoms with Gasteiger partial charge >= 0.3 is 0 Å².